The monoisotopic (exact) mass is 358 g/mol. The summed E-state index contributed by atoms with van der Waals surface area (Å²) in [7, 11) is 0. The van der Waals surface area contributed by atoms with Crippen LogP contribution in [0.4, 0.5) is 0 Å². The number of rotatable bonds is 2. The molecule has 0 amide bonds. The largest absolute Gasteiger partial charge is 0.0786 e. The summed E-state index contributed by atoms with van der Waals surface area (Å²) in [6.45, 7) is 13.7. The highest BCUT2D eigenvalue weighted by Gasteiger charge is 2.22. The van der Waals surface area contributed by atoms with E-state index in [4.69, 9.17) is 0 Å². The van der Waals surface area contributed by atoms with Gasteiger partial charge in [0.15, 0.2) is 0 Å². The number of alkyl halides is 1. The number of hydrogen-bond acceptors (Lipinski definition) is 0. The predicted octanol–water partition coefficient (Wildman–Crippen LogP) is 6.77. The van der Waals surface area contributed by atoms with Crippen molar-refractivity contribution in [1.29, 1.82) is 0 Å². The third-order valence-electron chi connectivity index (χ3n) is 4.07. The van der Waals surface area contributed by atoms with Crippen molar-refractivity contribution in [1.82, 2.24) is 0 Å². The summed E-state index contributed by atoms with van der Waals surface area (Å²) in [5, 5.41) is 0. The lowest BCUT2D eigenvalue weighted by Gasteiger charge is -2.27. The SMILES string of the molecule is CC(C)(C)c1cc(C(Br)c2ccccc2)cc(C(C)(C)C)c1. The fraction of sp³-hybridized carbons (Fsp3) is 0.429. The van der Waals surface area contributed by atoms with Crippen molar-refractivity contribution in [2.24, 2.45) is 0 Å². The van der Waals surface area contributed by atoms with Gasteiger partial charge in [0, 0.05) is 0 Å². The van der Waals surface area contributed by atoms with Gasteiger partial charge in [-0.1, -0.05) is 106 Å². The molecule has 0 aromatic heterocycles. The second kappa shape index (κ2) is 6.20. The van der Waals surface area contributed by atoms with Crippen LogP contribution in [0.1, 0.15) is 68.6 Å². The fourth-order valence-corrected chi connectivity index (χ4v) is 3.05. The van der Waals surface area contributed by atoms with E-state index in [9.17, 15) is 0 Å². The Kier molecular flexibility index (Phi) is 4.87. The van der Waals surface area contributed by atoms with Gasteiger partial charge in [0.25, 0.3) is 0 Å². The Morgan fingerprint density at radius 2 is 1.14 bits per heavy atom. The van der Waals surface area contributed by atoms with Crippen molar-refractivity contribution in [2.45, 2.75) is 57.2 Å². The molecular formula is C21H27Br. The first kappa shape index (κ1) is 17.3. The first-order valence-corrected chi connectivity index (χ1v) is 8.85. The molecule has 2 rings (SSSR count). The smallest absolute Gasteiger partial charge is 0.0644 e. The Morgan fingerprint density at radius 3 is 1.55 bits per heavy atom. The molecule has 0 nitrogen and oxygen atoms in total. The van der Waals surface area contributed by atoms with Gasteiger partial charge in [-0.05, 0) is 33.1 Å². The van der Waals surface area contributed by atoms with Gasteiger partial charge in [-0.2, -0.15) is 0 Å². The Balaban J connectivity index is 2.56. The second-order valence-electron chi connectivity index (χ2n) is 8.12. The zero-order valence-electron chi connectivity index (χ0n) is 14.6. The molecule has 0 fully saturated rings. The van der Waals surface area contributed by atoms with Gasteiger partial charge < -0.3 is 0 Å². The molecule has 0 radical (unpaired) electrons. The maximum Gasteiger partial charge on any atom is 0.0644 e. The molecule has 1 heteroatoms. The molecule has 118 valence electrons. The lowest BCUT2D eigenvalue weighted by atomic mass is 9.79. The van der Waals surface area contributed by atoms with Crippen LogP contribution in [-0.2, 0) is 10.8 Å². The van der Waals surface area contributed by atoms with Gasteiger partial charge in [0.05, 0.1) is 4.83 Å². The van der Waals surface area contributed by atoms with Crippen LogP contribution < -0.4 is 0 Å². The summed E-state index contributed by atoms with van der Waals surface area (Å²) in [5.74, 6) is 0. The number of benzene rings is 2. The zero-order chi connectivity index (χ0) is 16.5. The molecule has 0 bridgehead atoms. The highest BCUT2D eigenvalue weighted by atomic mass is 79.9. The first-order valence-electron chi connectivity index (χ1n) is 7.94. The topological polar surface area (TPSA) is 0 Å². The lowest BCUT2D eigenvalue weighted by molar-refractivity contribution is 0.567. The molecule has 0 N–H and O–H groups in total. The summed E-state index contributed by atoms with van der Waals surface area (Å²) >= 11 is 3.90. The molecule has 0 aliphatic rings. The molecule has 0 spiro atoms. The van der Waals surface area contributed by atoms with Crippen molar-refractivity contribution in [3.63, 3.8) is 0 Å². The summed E-state index contributed by atoms with van der Waals surface area (Å²) in [4.78, 5) is 0.233. The summed E-state index contributed by atoms with van der Waals surface area (Å²) in [5.41, 5.74) is 5.74. The van der Waals surface area contributed by atoms with Crippen molar-refractivity contribution in [3.8, 4) is 0 Å². The van der Waals surface area contributed by atoms with Crippen LogP contribution >= 0.6 is 15.9 Å². The molecule has 22 heavy (non-hydrogen) atoms. The van der Waals surface area contributed by atoms with Crippen LogP contribution in [0.2, 0.25) is 0 Å². The second-order valence-corrected chi connectivity index (χ2v) is 9.03. The molecule has 1 unspecified atom stereocenters. The molecule has 2 aromatic carbocycles. The van der Waals surface area contributed by atoms with E-state index in [2.05, 4.69) is 106 Å². The van der Waals surface area contributed by atoms with E-state index in [1.165, 1.54) is 22.3 Å². The van der Waals surface area contributed by atoms with Gasteiger partial charge >= 0.3 is 0 Å². The normalized spacial score (nSPS) is 14.0. The summed E-state index contributed by atoms with van der Waals surface area (Å²) in [6.07, 6.45) is 0. The molecule has 0 aliphatic carbocycles. The minimum atomic E-state index is 0.152. The van der Waals surface area contributed by atoms with Crippen molar-refractivity contribution < 1.29 is 0 Å². The van der Waals surface area contributed by atoms with E-state index in [-0.39, 0.29) is 15.7 Å². The van der Waals surface area contributed by atoms with Crippen molar-refractivity contribution in [2.75, 3.05) is 0 Å². The Morgan fingerprint density at radius 1 is 0.682 bits per heavy atom. The predicted molar refractivity (Wildman–Crippen MR) is 101 cm³/mol. The molecule has 0 heterocycles. The van der Waals surface area contributed by atoms with Crippen LogP contribution in [-0.4, -0.2) is 0 Å². The van der Waals surface area contributed by atoms with E-state index < -0.39 is 0 Å². The minimum Gasteiger partial charge on any atom is -0.0786 e. The standard InChI is InChI=1S/C21H27Br/c1-20(2,3)17-12-16(13-18(14-17)21(4,5)6)19(22)15-10-8-7-9-11-15/h7-14,19H,1-6H3. The van der Waals surface area contributed by atoms with Crippen molar-refractivity contribution >= 4 is 15.9 Å². The van der Waals surface area contributed by atoms with Gasteiger partial charge in [-0.15, -0.1) is 0 Å². The Hall–Kier alpha value is -1.08. The quantitative estimate of drug-likeness (QED) is 0.519. The van der Waals surface area contributed by atoms with Gasteiger partial charge in [-0.3, -0.25) is 0 Å². The highest BCUT2D eigenvalue weighted by Crippen LogP contribution is 2.37. The highest BCUT2D eigenvalue weighted by molar-refractivity contribution is 9.09. The van der Waals surface area contributed by atoms with Gasteiger partial charge in [-0.25, -0.2) is 0 Å². The van der Waals surface area contributed by atoms with E-state index in [0.29, 0.717) is 0 Å². The van der Waals surface area contributed by atoms with E-state index in [1.807, 2.05) is 0 Å². The van der Waals surface area contributed by atoms with Crippen LogP contribution in [0.25, 0.3) is 0 Å². The van der Waals surface area contributed by atoms with Crippen LogP contribution in [0.15, 0.2) is 48.5 Å². The van der Waals surface area contributed by atoms with Gasteiger partial charge in [0.2, 0.25) is 0 Å². The average molecular weight is 359 g/mol. The average Bonchev–Trinajstić information content (AvgIpc) is 2.45. The first-order chi connectivity index (χ1) is 10.1. The summed E-state index contributed by atoms with van der Waals surface area (Å²) < 4.78 is 0. The summed E-state index contributed by atoms with van der Waals surface area (Å²) in [6, 6.07) is 17.7. The molecule has 2 aromatic rings. The zero-order valence-corrected chi connectivity index (χ0v) is 16.2. The lowest BCUT2D eigenvalue weighted by Crippen LogP contribution is -2.17. The number of halogens is 1. The van der Waals surface area contributed by atoms with E-state index in [1.54, 1.807) is 0 Å². The molecule has 0 aliphatic heterocycles. The van der Waals surface area contributed by atoms with E-state index in [0.717, 1.165) is 0 Å². The maximum atomic E-state index is 3.90. The van der Waals surface area contributed by atoms with Gasteiger partial charge in [0.1, 0.15) is 0 Å². The third-order valence-corrected chi connectivity index (χ3v) is 5.13. The third kappa shape index (κ3) is 4.01. The van der Waals surface area contributed by atoms with Crippen molar-refractivity contribution in [3.05, 3.63) is 70.8 Å². The van der Waals surface area contributed by atoms with Crippen LogP contribution in [0.3, 0.4) is 0 Å². The molecule has 0 saturated carbocycles. The molecular weight excluding hydrogens is 332 g/mol. The Bertz CT molecular complexity index is 595. The van der Waals surface area contributed by atoms with Crippen LogP contribution in [0.5, 0.6) is 0 Å². The minimum absolute atomic E-state index is 0.152. The van der Waals surface area contributed by atoms with Crippen LogP contribution in [0, 0.1) is 0 Å². The maximum absolute atomic E-state index is 3.90. The molecule has 1 atom stereocenters. The van der Waals surface area contributed by atoms with E-state index >= 15 is 0 Å². The Labute approximate surface area is 144 Å². The number of hydrogen-bond donors (Lipinski definition) is 0. The fourth-order valence-electron chi connectivity index (χ4n) is 2.48. The molecule has 0 saturated heterocycles.